The van der Waals surface area contributed by atoms with Crippen LogP contribution in [-0.2, 0) is 10.2 Å². The average Bonchev–Trinajstić information content (AvgIpc) is 2.26. The fourth-order valence-electron chi connectivity index (χ4n) is 1.42. The van der Waals surface area contributed by atoms with E-state index in [-0.39, 0.29) is 11.1 Å². The summed E-state index contributed by atoms with van der Waals surface area (Å²) >= 11 is 3.03. The lowest BCUT2D eigenvalue weighted by Gasteiger charge is -2.26. The van der Waals surface area contributed by atoms with Gasteiger partial charge in [-0.15, -0.1) is 0 Å². The molecule has 1 aromatic rings. The topological polar surface area (TPSA) is 52.0 Å². The molecule has 14 heavy (non-hydrogen) atoms. The van der Waals surface area contributed by atoms with Crippen molar-refractivity contribution in [1.29, 1.82) is 0 Å². The van der Waals surface area contributed by atoms with E-state index in [2.05, 4.69) is 21.0 Å². The van der Waals surface area contributed by atoms with E-state index >= 15 is 0 Å². The second-order valence-electron chi connectivity index (χ2n) is 3.27. The van der Waals surface area contributed by atoms with Crippen molar-refractivity contribution in [2.24, 2.45) is 0 Å². The minimum atomic E-state index is -4.66. The Morgan fingerprint density at radius 2 is 2.21 bits per heavy atom. The Kier molecular flexibility index (Phi) is 2.38. The van der Waals surface area contributed by atoms with Crippen LogP contribution in [0.15, 0.2) is 15.7 Å². The summed E-state index contributed by atoms with van der Waals surface area (Å²) in [6.07, 6.45) is 2.75. The molecule has 1 heterocycles. The van der Waals surface area contributed by atoms with E-state index in [1.54, 1.807) is 0 Å². The summed E-state index contributed by atoms with van der Waals surface area (Å²) in [5, 5.41) is 3.56. The van der Waals surface area contributed by atoms with E-state index in [1.165, 1.54) is 10.7 Å². The molecule has 0 bridgehead atoms. The normalized spacial score (nSPS) is 18.1. The summed E-state index contributed by atoms with van der Waals surface area (Å²) in [6.45, 7) is 0. The predicted molar refractivity (Wildman–Crippen MR) is 51.1 cm³/mol. The highest BCUT2D eigenvalue weighted by molar-refractivity contribution is 9.10. The van der Waals surface area contributed by atoms with Crippen molar-refractivity contribution in [1.82, 2.24) is 9.78 Å². The number of rotatable bonds is 2. The molecule has 0 unspecified atom stereocenters. The van der Waals surface area contributed by atoms with E-state index in [1.807, 2.05) is 0 Å². The van der Waals surface area contributed by atoms with Gasteiger partial charge in [-0.2, -0.15) is 13.5 Å². The molecule has 0 spiro atoms. The molecule has 1 fully saturated rings. The second kappa shape index (κ2) is 3.30. The molecule has 1 aliphatic carbocycles. The van der Waals surface area contributed by atoms with Crippen molar-refractivity contribution >= 4 is 26.2 Å². The van der Waals surface area contributed by atoms with E-state index < -0.39 is 10.2 Å². The molecule has 0 atom stereocenters. The molecule has 0 N–H and O–H groups in total. The molecule has 7 heteroatoms. The number of aromatic nitrogens is 2. The maximum Gasteiger partial charge on any atom is 0.349 e. The first-order valence-corrected chi connectivity index (χ1v) is 6.36. The van der Waals surface area contributed by atoms with Gasteiger partial charge >= 0.3 is 10.2 Å². The number of hydrogen-bond donors (Lipinski definition) is 0. The molecule has 1 aromatic heterocycles. The summed E-state index contributed by atoms with van der Waals surface area (Å²) < 4.78 is 35.9. The van der Waals surface area contributed by atoms with Crippen LogP contribution in [0.4, 0.5) is 3.89 Å². The molecule has 2 rings (SSSR count). The predicted octanol–water partition coefficient (Wildman–Crippen LogP) is 2.03. The Hall–Kier alpha value is -0.430. The summed E-state index contributed by atoms with van der Waals surface area (Å²) in [4.78, 5) is 0. The van der Waals surface area contributed by atoms with Gasteiger partial charge in [-0.05, 0) is 35.2 Å². The van der Waals surface area contributed by atoms with Gasteiger partial charge in [-0.1, -0.05) is 3.89 Å². The Labute approximate surface area is 89.4 Å². The standard InChI is InChI=1S/C7H8BrFN2O2S/c8-6-4-7(14(9,12)13)11(10-6)5-2-1-3-5/h4-5H,1-3H2. The second-order valence-corrected chi connectivity index (χ2v) is 5.38. The van der Waals surface area contributed by atoms with Crippen LogP contribution in [0.2, 0.25) is 0 Å². The van der Waals surface area contributed by atoms with Crippen LogP contribution in [-0.4, -0.2) is 18.2 Å². The third-order valence-electron chi connectivity index (χ3n) is 2.34. The third kappa shape index (κ3) is 1.70. The zero-order chi connectivity index (χ0) is 10.3. The smallest absolute Gasteiger partial charge is 0.248 e. The quantitative estimate of drug-likeness (QED) is 0.780. The molecule has 1 saturated carbocycles. The van der Waals surface area contributed by atoms with Gasteiger partial charge in [-0.3, -0.25) is 0 Å². The van der Waals surface area contributed by atoms with Crippen LogP contribution in [0.25, 0.3) is 0 Å². The maximum atomic E-state index is 12.8. The molecular weight excluding hydrogens is 275 g/mol. The van der Waals surface area contributed by atoms with Crippen molar-refractivity contribution in [3.63, 3.8) is 0 Å². The molecule has 0 saturated heterocycles. The van der Waals surface area contributed by atoms with Gasteiger partial charge in [0.15, 0.2) is 5.03 Å². The van der Waals surface area contributed by atoms with Crippen LogP contribution >= 0.6 is 15.9 Å². The highest BCUT2D eigenvalue weighted by atomic mass is 79.9. The summed E-state index contributed by atoms with van der Waals surface area (Å²) in [6, 6.07) is 1.22. The summed E-state index contributed by atoms with van der Waals surface area (Å²) in [5.41, 5.74) is 0. The van der Waals surface area contributed by atoms with Crippen LogP contribution in [0, 0.1) is 0 Å². The minimum Gasteiger partial charge on any atom is -0.248 e. The van der Waals surface area contributed by atoms with Gasteiger partial charge in [0.1, 0.15) is 4.60 Å². The first-order chi connectivity index (χ1) is 6.48. The average molecular weight is 283 g/mol. The lowest BCUT2D eigenvalue weighted by Crippen LogP contribution is -2.21. The third-order valence-corrected chi connectivity index (χ3v) is 3.53. The Morgan fingerprint density at radius 3 is 2.64 bits per heavy atom. The van der Waals surface area contributed by atoms with Crippen LogP contribution in [0.1, 0.15) is 25.3 Å². The van der Waals surface area contributed by atoms with Crippen LogP contribution < -0.4 is 0 Å². The highest BCUT2D eigenvalue weighted by Gasteiger charge is 2.28. The van der Waals surface area contributed by atoms with Crippen molar-refractivity contribution in [3.8, 4) is 0 Å². The largest absolute Gasteiger partial charge is 0.349 e. The zero-order valence-corrected chi connectivity index (χ0v) is 9.55. The van der Waals surface area contributed by atoms with Gasteiger partial charge in [0.2, 0.25) is 0 Å². The highest BCUT2D eigenvalue weighted by Crippen LogP contribution is 2.34. The minimum absolute atomic E-state index is 0.0295. The number of halogens is 2. The van der Waals surface area contributed by atoms with E-state index in [9.17, 15) is 12.3 Å². The zero-order valence-electron chi connectivity index (χ0n) is 7.15. The van der Waals surface area contributed by atoms with Gasteiger partial charge in [0.05, 0.1) is 6.04 Å². The monoisotopic (exact) mass is 282 g/mol. The summed E-state index contributed by atoms with van der Waals surface area (Å²) in [5.74, 6) is 0. The molecule has 0 aliphatic heterocycles. The number of nitrogens with zero attached hydrogens (tertiary/aromatic N) is 2. The van der Waals surface area contributed by atoms with E-state index in [0.29, 0.717) is 4.60 Å². The van der Waals surface area contributed by atoms with Crippen molar-refractivity contribution in [2.45, 2.75) is 30.3 Å². The Balaban J connectivity index is 2.48. The van der Waals surface area contributed by atoms with Crippen molar-refractivity contribution in [3.05, 3.63) is 10.7 Å². The lowest BCUT2D eigenvalue weighted by molar-refractivity contribution is 0.269. The molecule has 4 nitrogen and oxygen atoms in total. The van der Waals surface area contributed by atoms with E-state index in [4.69, 9.17) is 0 Å². The molecule has 78 valence electrons. The maximum absolute atomic E-state index is 12.8. The van der Waals surface area contributed by atoms with Crippen molar-refractivity contribution < 1.29 is 12.3 Å². The molecule has 0 radical (unpaired) electrons. The first kappa shape index (κ1) is 10.1. The molecule has 0 aromatic carbocycles. The lowest BCUT2D eigenvalue weighted by atomic mass is 9.93. The Morgan fingerprint density at radius 1 is 1.57 bits per heavy atom. The van der Waals surface area contributed by atoms with Crippen LogP contribution in [0.5, 0.6) is 0 Å². The van der Waals surface area contributed by atoms with Gasteiger partial charge < -0.3 is 0 Å². The number of hydrogen-bond acceptors (Lipinski definition) is 3. The van der Waals surface area contributed by atoms with Gasteiger partial charge in [0, 0.05) is 6.07 Å². The van der Waals surface area contributed by atoms with Crippen LogP contribution in [0.3, 0.4) is 0 Å². The summed E-state index contributed by atoms with van der Waals surface area (Å²) in [7, 11) is -4.66. The fourth-order valence-corrected chi connectivity index (χ4v) is 2.63. The van der Waals surface area contributed by atoms with E-state index in [0.717, 1.165) is 19.3 Å². The molecular formula is C7H8BrFN2O2S. The van der Waals surface area contributed by atoms with Gasteiger partial charge in [-0.25, -0.2) is 4.68 Å². The Bertz CT molecular complexity index is 452. The van der Waals surface area contributed by atoms with Gasteiger partial charge in [0.25, 0.3) is 0 Å². The molecule has 1 aliphatic rings. The molecule has 0 amide bonds. The first-order valence-electron chi connectivity index (χ1n) is 4.18. The SMILES string of the molecule is O=S(=O)(F)c1cc(Br)nn1C1CCC1. The fraction of sp³-hybridized carbons (Fsp3) is 0.571. The van der Waals surface area contributed by atoms with Crippen molar-refractivity contribution in [2.75, 3.05) is 0 Å².